The SMILES string of the molecule is CN(C)C(=O)C1CCCN1CC(=O)Nc1cccc(F)c1. The zero-order valence-electron chi connectivity index (χ0n) is 12.3. The molecule has 1 atom stereocenters. The van der Waals surface area contributed by atoms with Gasteiger partial charge in [0.05, 0.1) is 12.6 Å². The van der Waals surface area contributed by atoms with E-state index in [-0.39, 0.29) is 24.4 Å². The van der Waals surface area contributed by atoms with Gasteiger partial charge in [0.1, 0.15) is 5.82 Å². The molecule has 1 aliphatic rings. The molecule has 2 rings (SSSR count). The fraction of sp³-hybridized carbons (Fsp3) is 0.467. The second kappa shape index (κ2) is 6.67. The van der Waals surface area contributed by atoms with E-state index < -0.39 is 5.82 Å². The van der Waals surface area contributed by atoms with Crippen LogP contribution < -0.4 is 5.32 Å². The summed E-state index contributed by atoms with van der Waals surface area (Å²) in [6.07, 6.45) is 1.67. The summed E-state index contributed by atoms with van der Waals surface area (Å²) in [6.45, 7) is 0.863. The summed E-state index contributed by atoms with van der Waals surface area (Å²) >= 11 is 0. The normalized spacial score (nSPS) is 18.5. The van der Waals surface area contributed by atoms with E-state index in [1.807, 2.05) is 4.90 Å². The molecule has 0 aromatic heterocycles. The number of nitrogens with zero attached hydrogens (tertiary/aromatic N) is 2. The van der Waals surface area contributed by atoms with Crippen LogP contribution in [-0.4, -0.2) is 54.8 Å². The Bertz CT molecular complexity index is 533. The Morgan fingerprint density at radius 2 is 2.19 bits per heavy atom. The van der Waals surface area contributed by atoms with Gasteiger partial charge in [-0.05, 0) is 37.6 Å². The quantitative estimate of drug-likeness (QED) is 0.911. The van der Waals surface area contributed by atoms with Crippen molar-refractivity contribution in [1.29, 1.82) is 0 Å². The Kier molecular flexibility index (Phi) is 4.90. The molecule has 1 saturated heterocycles. The molecule has 1 aliphatic heterocycles. The molecule has 0 radical (unpaired) electrons. The van der Waals surface area contributed by atoms with Gasteiger partial charge >= 0.3 is 0 Å². The topological polar surface area (TPSA) is 52.7 Å². The number of likely N-dealkylation sites (tertiary alicyclic amines) is 1. The summed E-state index contributed by atoms with van der Waals surface area (Å²) < 4.78 is 13.1. The van der Waals surface area contributed by atoms with E-state index >= 15 is 0 Å². The van der Waals surface area contributed by atoms with Crippen molar-refractivity contribution in [2.24, 2.45) is 0 Å². The lowest BCUT2D eigenvalue weighted by Crippen LogP contribution is -2.45. The number of carbonyl (C=O) groups excluding carboxylic acids is 2. The van der Waals surface area contributed by atoms with E-state index in [4.69, 9.17) is 0 Å². The average Bonchev–Trinajstić information content (AvgIpc) is 2.85. The summed E-state index contributed by atoms with van der Waals surface area (Å²) in [7, 11) is 3.43. The Morgan fingerprint density at radius 3 is 2.86 bits per heavy atom. The van der Waals surface area contributed by atoms with E-state index in [1.54, 1.807) is 31.1 Å². The highest BCUT2D eigenvalue weighted by Crippen LogP contribution is 2.18. The smallest absolute Gasteiger partial charge is 0.239 e. The molecular weight excluding hydrogens is 273 g/mol. The van der Waals surface area contributed by atoms with E-state index in [9.17, 15) is 14.0 Å². The van der Waals surface area contributed by atoms with Gasteiger partial charge in [-0.2, -0.15) is 0 Å². The second-order valence-corrected chi connectivity index (χ2v) is 5.42. The number of hydrogen-bond donors (Lipinski definition) is 1. The van der Waals surface area contributed by atoms with Crippen molar-refractivity contribution in [2.75, 3.05) is 32.5 Å². The lowest BCUT2D eigenvalue weighted by molar-refractivity contribution is -0.133. The van der Waals surface area contributed by atoms with Crippen molar-refractivity contribution >= 4 is 17.5 Å². The molecule has 1 heterocycles. The minimum Gasteiger partial charge on any atom is -0.347 e. The number of anilines is 1. The number of halogens is 1. The van der Waals surface area contributed by atoms with Crippen molar-refractivity contribution in [3.05, 3.63) is 30.1 Å². The van der Waals surface area contributed by atoms with Crippen molar-refractivity contribution in [2.45, 2.75) is 18.9 Å². The Hall–Kier alpha value is -1.95. The third-order valence-electron chi connectivity index (χ3n) is 3.54. The van der Waals surface area contributed by atoms with Gasteiger partial charge in [-0.15, -0.1) is 0 Å². The van der Waals surface area contributed by atoms with Crippen molar-refractivity contribution in [3.63, 3.8) is 0 Å². The molecule has 0 saturated carbocycles. The fourth-order valence-corrected chi connectivity index (χ4v) is 2.54. The molecule has 1 N–H and O–H groups in total. The molecule has 6 heteroatoms. The number of benzene rings is 1. The molecule has 1 unspecified atom stereocenters. The summed E-state index contributed by atoms with van der Waals surface area (Å²) in [5, 5.41) is 2.65. The lowest BCUT2D eigenvalue weighted by atomic mass is 10.2. The second-order valence-electron chi connectivity index (χ2n) is 5.42. The molecular formula is C15H20FN3O2. The van der Waals surface area contributed by atoms with Crippen LogP contribution >= 0.6 is 0 Å². The summed E-state index contributed by atoms with van der Waals surface area (Å²) in [5.41, 5.74) is 0.426. The van der Waals surface area contributed by atoms with Crippen LogP contribution in [0, 0.1) is 5.82 Å². The average molecular weight is 293 g/mol. The van der Waals surface area contributed by atoms with Gasteiger partial charge in [-0.25, -0.2) is 4.39 Å². The van der Waals surface area contributed by atoms with Crippen LogP contribution in [0.2, 0.25) is 0 Å². The standard InChI is InChI=1S/C15H20FN3O2/c1-18(2)15(21)13-7-4-8-19(13)10-14(20)17-12-6-3-5-11(16)9-12/h3,5-6,9,13H,4,7-8,10H2,1-2H3,(H,17,20). The predicted molar refractivity (Wildman–Crippen MR) is 78.3 cm³/mol. The first-order valence-electron chi connectivity index (χ1n) is 6.98. The van der Waals surface area contributed by atoms with Gasteiger partial charge in [0.15, 0.2) is 0 Å². The minimum atomic E-state index is -0.394. The molecule has 21 heavy (non-hydrogen) atoms. The molecule has 1 aromatic carbocycles. The summed E-state index contributed by atoms with van der Waals surface area (Å²) in [5.74, 6) is -0.611. The monoisotopic (exact) mass is 293 g/mol. The first-order chi connectivity index (χ1) is 9.97. The fourth-order valence-electron chi connectivity index (χ4n) is 2.54. The number of nitrogens with one attached hydrogen (secondary N) is 1. The number of hydrogen-bond acceptors (Lipinski definition) is 3. The summed E-state index contributed by atoms with van der Waals surface area (Å²) in [4.78, 5) is 27.5. The molecule has 2 amide bonds. The maximum Gasteiger partial charge on any atom is 0.239 e. The molecule has 0 aliphatic carbocycles. The van der Waals surface area contributed by atoms with E-state index in [0.29, 0.717) is 5.69 Å². The van der Waals surface area contributed by atoms with Crippen LogP contribution in [0.1, 0.15) is 12.8 Å². The highest BCUT2D eigenvalue weighted by molar-refractivity contribution is 5.93. The van der Waals surface area contributed by atoms with Crippen molar-refractivity contribution < 1.29 is 14.0 Å². The largest absolute Gasteiger partial charge is 0.347 e. The van der Waals surface area contributed by atoms with E-state index in [2.05, 4.69) is 5.32 Å². The third kappa shape index (κ3) is 4.01. The Morgan fingerprint density at radius 1 is 1.43 bits per heavy atom. The number of carbonyl (C=O) groups is 2. The Labute approximate surface area is 123 Å². The maximum absolute atomic E-state index is 13.1. The number of amides is 2. The van der Waals surface area contributed by atoms with Crippen molar-refractivity contribution in [1.82, 2.24) is 9.80 Å². The zero-order valence-corrected chi connectivity index (χ0v) is 12.3. The summed E-state index contributed by atoms with van der Waals surface area (Å²) in [6, 6.07) is 5.53. The van der Waals surface area contributed by atoms with E-state index in [0.717, 1.165) is 19.4 Å². The number of likely N-dealkylation sites (N-methyl/N-ethyl adjacent to an activating group) is 1. The third-order valence-corrected chi connectivity index (χ3v) is 3.54. The highest BCUT2D eigenvalue weighted by Gasteiger charge is 2.32. The van der Waals surface area contributed by atoms with Gasteiger partial charge in [-0.1, -0.05) is 6.07 Å². The van der Waals surface area contributed by atoms with Crippen LogP contribution in [0.5, 0.6) is 0 Å². The molecule has 5 nitrogen and oxygen atoms in total. The van der Waals surface area contributed by atoms with Crippen LogP contribution in [-0.2, 0) is 9.59 Å². The molecule has 0 bridgehead atoms. The van der Waals surface area contributed by atoms with Crippen LogP contribution in [0.25, 0.3) is 0 Å². The van der Waals surface area contributed by atoms with Crippen LogP contribution in [0.4, 0.5) is 10.1 Å². The van der Waals surface area contributed by atoms with Gasteiger partial charge in [0.25, 0.3) is 0 Å². The first-order valence-corrected chi connectivity index (χ1v) is 6.98. The first kappa shape index (κ1) is 15.4. The van der Waals surface area contributed by atoms with Gasteiger partial charge in [0.2, 0.25) is 11.8 Å². The van der Waals surface area contributed by atoms with Gasteiger partial charge in [-0.3, -0.25) is 14.5 Å². The zero-order chi connectivity index (χ0) is 15.4. The predicted octanol–water partition coefficient (Wildman–Crippen LogP) is 1.32. The molecule has 0 spiro atoms. The lowest BCUT2D eigenvalue weighted by Gasteiger charge is -2.25. The number of rotatable bonds is 4. The molecule has 1 fully saturated rings. The van der Waals surface area contributed by atoms with Crippen molar-refractivity contribution in [3.8, 4) is 0 Å². The minimum absolute atomic E-state index is 0.0195. The van der Waals surface area contributed by atoms with Crippen LogP contribution in [0.15, 0.2) is 24.3 Å². The van der Waals surface area contributed by atoms with Gasteiger partial charge < -0.3 is 10.2 Å². The van der Waals surface area contributed by atoms with Crippen LogP contribution in [0.3, 0.4) is 0 Å². The maximum atomic E-state index is 13.1. The Balaban J connectivity index is 1.94. The highest BCUT2D eigenvalue weighted by atomic mass is 19.1. The molecule has 114 valence electrons. The molecule has 1 aromatic rings. The van der Waals surface area contributed by atoms with E-state index in [1.165, 1.54) is 12.1 Å². The van der Waals surface area contributed by atoms with Gasteiger partial charge in [0, 0.05) is 19.8 Å².